The van der Waals surface area contributed by atoms with Gasteiger partial charge in [0.15, 0.2) is 0 Å². The Hall–Kier alpha value is -3.01. The highest BCUT2D eigenvalue weighted by Gasteiger charge is 2.17. The Morgan fingerprint density at radius 2 is 1.73 bits per heavy atom. The first kappa shape index (κ1) is 16.5. The number of methoxy groups -OCH3 is 1. The Bertz CT molecular complexity index is 1160. The zero-order chi connectivity index (χ0) is 18.4. The molecular weight excluding hydrogens is 328 g/mol. The van der Waals surface area contributed by atoms with E-state index in [1.807, 2.05) is 45.0 Å². The van der Waals surface area contributed by atoms with Crippen molar-refractivity contribution in [2.24, 2.45) is 0 Å². The third kappa shape index (κ3) is 2.49. The largest absolute Gasteiger partial charge is 0.497 e. The summed E-state index contributed by atoms with van der Waals surface area (Å²) in [6, 6.07) is 11.7. The lowest BCUT2D eigenvalue weighted by Crippen LogP contribution is -2.11. The number of hydrogen-bond acceptors (Lipinski definition) is 4. The van der Waals surface area contributed by atoms with E-state index in [1.165, 1.54) is 0 Å². The Kier molecular flexibility index (Phi) is 3.83. The van der Waals surface area contributed by atoms with E-state index in [9.17, 15) is 4.79 Å². The molecule has 0 amide bonds. The molecule has 2 aromatic carbocycles. The molecule has 0 spiro atoms. The van der Waals surface area contributed by atoms with Crippen molar-refractivity contribution in [2.45, 2.75) is 26.7 Å². The second-order valence-electron chi connectivity index (χ2n) is 6.81. The molecule has 0 atom stereocenters. The summed E-state index contributed by atoms with van der Waals surface area (Å²) in [7, 11) is 1.65. The van der Waals surface area contributed by atoms with Gasteiger partial charge in [0.1, 0.15) is 16.9 Å². The van der Waals surface area contributed by atoms with E-state index in [4.69, 9.17) is 13.6 Å². The molecule has 0 aliphatic heterocycles. The summed E-state index contributed by atoms with van der Waals surface area (Å²) >= 11 is 0. The molecule has 0 bridgehead atoms. The van der Waals surface area contributed by atoms with Crippen molar-refractivity contribution in [1.82, 2.24) is 0 Å². The van der Waals surface area contributed by atoms with Gasteiger partial charge in [-0.15, -0.1) is 0 Å². The number of benzene rings is 2. The van der Waals surface area contributed by atoms with Crippen LogP contribution in [0.2, 0.25) is 0 Å². The van der Waals surface area contributed by atoms with Crippen molar-refractivity contribution in [3.8, 4) is 16.9 Å². The predicted molar refractivity (Wildman–Crippen MR) is 103 cm³/mol. The van der Waals surface area contributed by atoms with Gasteiger partial charge in [0.2, 0.25) is 0 Å². The Balaban J connectivity index is 1.98. The number of furan rings is 1. The fourth-order valence-corrected chi connectivity index (χ4v) is 3.55. The summed E-state index contributed by atoms with van der Waals surface area (Å²) in [5.41, 5.74) is 4.72. The molecule has 4 nitrogen and oxygen atoms in total. The molecule has 2 heterocycles. The molecular formula is C22H20O4. The molecule has 0 aliphatic rings. The molecule has 0 fully saturated rings. The first-order chi connectivity index (χ1) is 12.5. The van der Waals surface area contributed by atoms with Crippen molar-refractivity contribution in [3.05, 3.63) is 64.2 Å². The maximum Gasteiger partial charge on any atom is 0.339 e. The summed E-state index contributed by atoms with van der Waals surface area (Å²) in [4.78, 5) is 12.3. The van der Waals surface area contributed by atoms with E-state index >= 15 is 0 Å². The molecule has 0 aliphatic carbocycles. The highest BCUT2D eigenvalue weighted by atomic mass is 16.5. The van der Waals surface area contributed by atoms with E-state index in [1.54, 1.807) is 19.4 Å². The van der Waals surface area contributed by atoms with E-state index in [-0.39, 0.29) is 11.5 Å². The average molecular weight is 348 g/mol. The molecule has 0 saturated heterocycles. The molecule has 4 rings (SSSR count). The quantitative estimate of drug-likeness (QED) is 0.449. The summed E-state index contributed by atoms with van der Waals surface area (Å²) < 4.78 is 16.5. The minimum absolute atomic E-state index is 0.108. The predicted octanol–water partition coefficient (Wildman–Crippen LogP) is 5.65. The number of aryl methyl sites for hydroxylation is 1. The highest BCUT2D eigenvalue weighted by Crippen LogP contribution is 2.35. The van der Waals surface area contributed by atoms with E-state index in [0.717, 1.165) is 38.8 Å². The van der Waals surface area contributed by atoms with Crippen LogP contribution in [-0.4, -0.2) is 7.11 Å². The maximum absolute atomic E-state index is 12.3. The third-order valence-corrected chi connectivity index (χ3v) is 4.88. The lowest BCUT2D eigenvalue weighted by Gasteiger charge is -2.10. The first-order valence-corrected chi connectivity index (χ1v) is 8.62. The maximum atomic E-state index is 12.3. The second kappa shape index (κ2) is 6.06. The van der Waals surface area contributed by atoms with Crippen LogP contribution in [0.1, 0.15) is 30.9 Å². The molecule has 0 saturated carbocycles. The fourth-order valence-electron chi connectivity index (χ4n) is 3.55. The lowest BCUT2D eigenvalue weighted by atomic mass is 9.96. The molecule has 132 valence electrons. The lowest BCUT2D eigenvalue weighted by molar-refractivity contribution is 0.415. The normalized spacial score (nSPS) is 11.6. The Morgan fingerprint density at radius 3 is 2.38 bits per heavy atom. The van der Waals surface area contributed by atoms with Crippen LogP contribution in [-0.2, 0) is 0 Å². The van der Waals surface area contributed by atoms with Crippen LogP contribution < -0.4 is 10.4 Å². The molecule has 4 aromatic rings. The van der Waals surface area contributed by atoms with Gasteiger partial charge in [-0.25, -0.2) is 4.79 Å². The standard InChI is InChI=1S/C22H20O4/c1-12(2)21-13(3)16-9-17-18(14-5-7-15(24-4)8-6-14)11-25-19(17)10-20(16)26-22(21)23/h5-12H,1-4H3. The van der Waals surface area contributed by atoms with Crippen LogP contribution in [0.4, 0.5) is 0 Å². The van der Waals surface area contributed by atoms with Gasteiger partial charge in [-0.3, -0.25) is 0 Å². The Morgan fingerprint density at radius 1 is 1.00 bits per heavy atom. The first-order valence-electron chi connectivity index (χ1n) is 8.62. The number of rotatable bonds is 3. The summed E-state index contributed by atoms with van der Waals surface area (Å²) in [5.74, 6) is 0.919. The topological polar surface area (TPSA) is 52.6 Å². The number of ether oxygens (including phenoxy) is 1. The minimum atomic E-state index is -0.272. The molecule has 0 N–H and O–H groups in total. The van der Waals surface area contributed by atoms with Crippen LogP contribution in [0, 0.1) is 6.92 Å². The van der Waals surface area contributed by atoms with Gasteiger partial charge in [-0.2, -0.15) is 0 Å². The van der Waals surface area contributed by atoms with Crippen LogP contribution in [0.3, 0.4) is 0 Å². The number of hydrogen-bond donors (Lipinski definition) is 0. The number of fused-ring (bicyclic) bond motifs is 2. The smallest absolute Gasteiger partial charge is 0.339 e. The van der Waals surface area contributed by atoms with Gasteiger partial charge in [-0.1, -0.05) is 26.0 Å². The molecule has 26 heavy (non-hydrogen) atoms. The van der Waals surface area contributed by atoms with Crippen molar-refractivity contribution < 1.29 is 13.6 Å². The van der Waals surface area contributed by atoms with Gasteiger partial charge in [0.25, 0.3) is 0 Å². The van der Waals surface area contributed by atoms with Crippen LogP contribution in [0.25, 0.3) is 33.1 Å². The monoisotopic (exact) mass is 348 g/mol. The summed E-state index contributed by atoms with van der Waals surface area (Å²) in [6.07, 6.45) is 1.74. The van der Waals surface area contributed by atoms with Gasteiger partial charge in [0, 0.05) is 28.0 Å². The summed E-state index contributed by atoms with van der Waals surface area (Å²) in [5, 5.41) is 1.94. The van der Waals surface area contributed by atoms with Gasteiger partial charge >= 0.3 is 5.63 Å². The molecule has 4 heteroatoms. The Labute approximate surface area is 151 Å². The molecule has 2 aromatic heterocycles. The second-order valence-corrected chi connectivity index (χ2v) is 6.81. The summed E-state index contributed by atoms with van der Waals surface area (Å²) in [6.45, 7) is 5.99. The zero-order valence-electron chi connectivity index (χ0n) is 15.3. The fraction of sp³-hybridized carbons (Fsp3) is 0.227. The van der Waals surface area contributed by atoms with E-state index in [0.29, 0.717) is 11.2 Å². The SMILES string of the molecule is COc1ccc(-c2coc3cc4oc(=O)c(C(C)C)c(C)c4cc23)cc1. The van der Waals surface area contributed by atoms with E-state index in [2.05, 4.69) is 6.07 Å². The van der Waals surface area contributed by atoms with Crippen molar-refractivity contribution in [1.29, 1.82) is 0 Å². The molecule has 0 unspecified atom stereocenters. The van der Waals surface area contributed by atoms with E-state index < -0.39 is 0 Å². The van der Waals surface area contributed by atoms with Gasteiger partial charge in [-0.05, 0) is 42.2 Å². The van der Waals surface area contributed by atoms with Gasteiger partial charge in [0.05, 0.1) is 13.4 Å². The highest BCUT2D eigenvalue weighted by molar-refractivity contribution is 6.02. The molecule has 0 radical (unpaired) electrons. The zero-order valence-corrected chi connectivity index (χ0v) is 15.3. The minimum Gasteiger partial charge on any atom is -0.497 e. The average Bonchev–Trinajstić information content (AvgIpc) is 3.03. The van der Waals surface area contributed by atoms with Crippen LogP contribution in [0.15, 0.2) is 56.3 Å². The van der Waals surface area contributed by atoms with Crippen molar-refractivity contribution >= 4 is 21.9 Å². The van der Waals surface area contributed by atoms with Crippen LogP contribution in [0.5, 0.6) is 5.75 Å². The van der Waals surface area contributed by atoms with Crippen molar-refractivity contribution in [2.75, 3.05) is 7.11 Å². The van der Waals surface area contributed by atoms with Gasteiger partial charge < -0.3 is 13.6 Å². The van der Waals surface area contributed by atoms with Crippen LogP contribution >= 0.6 is 0 Å². The third-order valence-electron chi connectivity index (χ3n) is 4.88. The van der Waals surface area contributed by atoms with Crippen molar-refractivity contribution in [3.63, 3.8) is 0 Å².